The van der Waals surface area contributed by atoms with E-state index in [9.17, 15) is 0 Å². The van der Waals surface area contributed by atoms with Gasteiger partial charge in [-0.2, -0.15) is 0 Å². The first-order valence-electron chi connectivity index (χ1n) is 19.5. The number of fused-ring (bicyclic) bond motifs is 6. The molecule has 0 bridgehead atoms. The first-order chi connectivity index (χ1) is 27.0. The van der Waals surface area contributed by atoms with Crippen molar-refractivity contribution in [2.45, 2.75) is 38.0 Å². The molecule has 0 radical (unpaired) electrons. The Morgan fingerprint density at radius 3 is 1.93 bits per heavy atom. The number of aryl methyl sites for hydroxylation is 1. The van der Waals surface area contributed by atoms with Gasteiger partial charge in [-0.3, -0.25) is 4.98 Å². The number of para-hydroxylation sites is 2. The van der Waals surface area contributed by atoms with Crippen LogP contribution in [-0.4, -0.2) is 9.55 Å². The molecule has 0 N–H and O–H groups in total. The van der Waals surface area contributed by atoms with Gasteiger partial charge in [0.15, 0.2) is 0 Å². The maximum absolute atomic E-state index is 4.36. The Balaban J connectivity index is 0.988. The van der Waals surface area contributed by atoms with E-state index in [0.29, 0.717) is 0 Å². The van der Waals surface area contributed by atoms with Gasteiger partial charge in [0.05, 0.1) is 11.0 Å². The highest BCUT2D eigenvalue weighted by Gasteiger charge is 2.35. The van der Waals surface area contributed by atoms with Crippen LogP contribution in [0.4, 0.5) is 0 Å². The van der Waals surface area contributed by atoms with Crippen LogP contribution < -0.4 is 0 Å². The Morgan fingerprint density at radius 2 is 1.16 bits per heavy atom. The van der Waals surface area contributed by atoms with Gasteiger partial charge in [-0.25, -0.2) is 0 Å². The van der Waals surface area contributed by atoms with E-state index in [1.165, 1.54) is 83.1 Å². The van der Waals surface area contributed by atoms with Crippen molar-refractivity contribution in [2.75, 3.05) is 0 Å². The second-order valence-electron chi connectivity index (χ2n) is 15.5. The second kappa shape index (κ2) is 13.4. The van der Waals surface area contributed by atoms with Crippen molar-refractivity contribution in [3.8, 4) is 39.1 Å². The third-order valence-electron chi connectivity index (χ3n) is 12.0. The molecular formula is C53H42N2. The average molecular weight is 707 g/mol. The average Bonchev–Trinajstić information content (AvgIpc) is 3.70. The van der Waals surface area contributed by atoms with E-state index in [2.05, 4.69) is 193 Å². The quantitative estimate of drug-likeness (QED) is 0.154. The smallest absolute Gasteiger partial charge is 0.0541 e. The lowest BCUT2D eigenvalue weighted by atomic mass is 9.81. The van der Waals surface area contributed by atoms with Crippen molar-refractivity contribution in [1.82, 2.24) is 9.55 Å². The number of benzene rings is 7. The fourth-order valence-corrected chi connectivity index (χ4v) is 9.10. The SMILES string of the molecule is CC1(C)c2ccccc2-c2ccc(CCC(c3ccc(-c4cccnc4)cc3)c3ccc(-c4ccc5c(c4)c4ccccc4n5-c4ccccc4)cc3)cc21. The van der Waals surface area contributed by atoms with Gasteiger partial charge in [0.2, 0.25) is 0 Å². The van der Waals surface area contributed by atoms with E-state index in [1.54, 1.807) is 0 Å². The molecule has 9 aromatic rings. The van der Waals surface area contributed by atoms with Crippen molar-refractivity contribution >= 4 is 21.8 Å². The topological polar surface area (TPSA) is 17.8 Å². The molecule has 1 atom stereocenters. The van der Waals surface area contributed by atoms with Gasteiger partial charge < -0.3 is 4.57 Å². The van der Waals surface area contributed by atoms with Gasteiger partial charge in [0.25, 0.3) is 0 Å². The summed E-state index contributed by atoms with van der Waals surface area (Å²) in [5.74, 6) is 0.252. The Morgan fingerprint density at radius 1 is 0.509 bits per heavy atom. The van der Waals surface area contributed by atoms with E-state index in [1.807, 2.05) is 18.5 Å². The number of hydrogen-bond donors (Lipinski definition) is 0. The zero-order valence-corrected chi connectivity index (χ0v) is 31.3. The third kappa shape index (κ3) is 5.77. The van der Waals surface area contributed by atoms with Gasteiger partial charge in [0, 0.05) is 40.2 Å². The van der Waals surface area contributed by atoms with Crippen LogP contribution in [0.25, 0.3) is 60.9 Å². The molecule has 2 aromatic heterocycles. The minimum Gasteiger partial charge on any atom is -0.309 e. The summed E-state index contributed by atoms with van der Waals surface area (Å²) in [7, 11) is 0. The molecular weight excluding hydrogens is 665 g/mol. The van der Waals surface area contributed by atoms with E-state index in [0.717, 1.165) is 18.4 Å². The van der Waals surface area contributed by atoms with Crippen molar-refractivity contribution < 1.29 is 0 Å². The van der Waals surface area contributed by atoms with Crippen LogP contribution in [0.5, 0.6) is 0 Å². The predicted octanol–water partition coefficient (Wildman–Crippen LogP) is 13.6. The lowest BCUT2D eigenvalue weighted by Gasteiger charge is -2.23. The minimum absolute atomic E-state index is 0.00123. The van der Waals surface area contributed by atoms with E-state index >= 15 is 0 Å². The largest absolute Gasteiger partial charge is 0.309 e. The van der Waals surface area contributed by atoms with Gasteiger partial charge >= 0.3 is 0 Å². The summed E-state index contributed by atoms with van der Waals surface area (Å²) >= 11 is 0. The lowest BCUT2D eigenvalue weighted by Crippen LogP contribution is -2.15. The fourth-order valence-electron chi connectivity index (χ4n) is 9.10. The summed E-state index contributed by atoms with van der Waals surface area (Å²) in [6, 6.07) is 65.1. The standard InChI is InChI=1S/C53H42N2/c1-53(2)49-16-8-6-14-45(49)46-30-19-36(33-50(46)53)18-29-44(40-26-22-38(23-27-40)42-11-10-32-54-35-42)39-24-20-37(21-25-39)41-28-31-52-48(34-41)47-15-7-9-17-51(47)55(52)43-12-4-3-5-13-43/h3-17,19-28,30-35,44H,18,29H2,1-2H3. The Hall–Kier alpha value is -6.51. The van der Waals surface area contributed by atoms with Crippen LogP contribution in [0, 0.1) is 0 Å². The van der Waals surface area contributed by atoms with E-state index in [4.69, 9.17) is 0 Å². The van der Waals surface area contributed by atoms with Crippen LogP contribution in [0.2, 0.25) is 0 Å². The summed E-state index contributed by atoms with van der Waals surface area (Å²) in [4.78, 5) is 4.36. The maximum Gasteiger partial charge on any atom is 0.0541 e. The second-order valence-corrected chi connectivity index (χ2v) is 15.5. The van der Waals surface area contributed by atoms with Crippen molar-refractivity contribution in [1.29, 1.82) is 0 Å². The predicted molar refractivity (Wildman–Crippen MR) is 230 cm³/mol. The highest BCUT2D eigenvalue weighted by molar-refractivity contribution is 6.10. The number of hydrogen-bond acceptors (Lipinski definition) is 1. The molecule has 2 nitrogen and oxygen atoms in total. The number of nitrogens with zero attached hydrogens (tertiary/aromatic N) is 2. The van der Waals surface area contributed by atoms with Gasteiger partial charge in [-0.05, 0) is 110 Å². The van der Waals surface area contributed by atoms with Crippen LogP contribution in [0.15, 0.2) is 188 Å². The summed E-state index contributed by atoms with van der Waals surface area (Å²) < 4.78 is 2.38. The molecule has 2 heteroatoms. The summed E-state index contributed by atoms with van der Waals surface area (Å²) in [6.07, 6.45) is 5.79. The molecule has 1 aliphatic rings. The number of pyridine rings is 1. The highest BCUT2D eigenvalue weighted by atomic mass is 15.0. The first kappa shape index (κ1) is 33.1. The van der Waals surface area contributed by atoms with Crippen molar-refractivity contribution in [3.05, 3.63) is 216 Å². The van der Waals surface area contributed by atoms with Crippen molar-refractivity contribution in [3.63, 3.8) is 0 Å². The van der Waals surface area contributed by atoms with Crippen LogP contribution in [0.1, 0.15) is 54.0 Å². The van der Waals surface area contributed by atoms with E-state index in [-0.39, 0.29) is 11.3 Å². The van der Waals surface area contributed by atoms with Crippen molar-refractivity contribution in [2.24, 2.45) is 0 Å². The van der Waals surface area contributed by atoms with Gasteiger partial charge in [-0.15, -0.1) is 0 Å². The number of rotatable bonds is 8. The van der Waals surface area contributed by atoms with Crippen LogP contribution in [0.3, 0.4) is 0 Å². The van der Waals surface area contributed by atoms with Crippen LogP contribution >= 0.6 is 0 Å². The van der Waals surface area contributed by atoms with Gasteiger partial charge in [-0.1, -0.05) is 153 Å². The lowest BCUT2D eigenvalue weighted by molar-refractivity contribution is 0.657. The molecule has 1 aliphatic carbocycles. The molecule has 0 spiro atoms. The van der Waals surface area contributed by atoms with Gasteiger partial charge in [0.1, 0.15) is 0 Å². The minimum atomic E-state index is -0.00123. The maximum atomic E-state index is 4.36. The summed E-state index contributed by atoms with van der Waals surface area (Å²) in [5, 5.41) is 2.54. The normalized spacial score (nSPS) is 13.5. The molecule has 7 aromatic carbocycles. The molecule has 264 valence electrons. The Kier molecular flexibility index (Phi) is 8.07. The Bertz CT molecular complexity index is 2810. The third-order valence-corrected chi connectivity index (χ3v) is 12.0. The number of aromatic nitrogens is 2. The molecule has 0 aliphatic heterocycles. The molecule has 10 rings (SSSR count). The first-order valence-corrected chi connectivity index (χ1v) is 19.5. The fraction of sp³-hybridized carbons (Fsp3) is 0.113. The summed E-state index contributed by atoms with van der Waals surface area (Å²) in [6.45, 7) is 4.74. The zero-order valence-electron chi connectivity index (χ0n) is 31.3. The molecule has 55 heavy (non-hydrogen) atoms. The Labute approximate surface area is 323 Å². The molecule has 0 amide bonds. The molecule has 0 saturated heterocycles. The molecule has 2 heterocycles. The summed E-state index contributed by atoms with van der Waals surface area (Å²) in [5.41, 5.74) is 18.1. The molecule has 0 saturated carbocycles. The monoisotopic (exact) mass is 706 g/mol. The zero-order chi connectivity index (χ0) is 36.9. The van der Waals surface area contributed by atoms with Crippen LogP contribution in [-0.2, 0) is 11.8 Å². The molecule has 0 fully saturated rings. The molecule has 1 unspecified atom stereocenters. The highest BCUT2D eigenvalue weighted by Crippen LogP contribution is 2.49. The van der Waals surface area contributed by atoms with E-state index < -0.39 is 0 Å².